The number of hydrogen-bond acceptors (Lipinski definition) is 7. The maximum absolute atomic E-state index is 13.1. The molecule has 0 unspecified atom stereocenters. The smallest absolute Gasteiger partial charge is 0.243 e. The maximum Gasteiger partial charge on any atom is 0.243 e. The van der Waals surface area contributed by atoms with Crippen molar-refractivity contribution in [3.8, 4) is 11.4 Å². The highest BCUT2D eigenvalue weighted by Gasteiger charge is 2.34. The SMILES string of the molecule is O=C(C1CCN(Cc2nc(-c3ccc(F)cc3)no2)CC1)N1CCN(S(=O)(=O)c2ccccc2)CC1. The number of sulfonamides is 1. The predicted molar refractivity (Wildman–Crippen MR) is 129 cm³/mol. The number of piperidine rings is 1. The van der Waals surface area contributed by atoms with Crippen LogP contribution in [0.1, 0.15) is 18.7 Å². The molecule has 1 amide bonds. The van der Waals surface area contributed by atoms with E-state index in [1.54, 1.807) is 47.4 Å². The first kappa shape index (κ1) is 24.5. The van der Waals surface area contributed by atoms with Crippen molar-refractivity contribution in [2.75, 3.05) is 39.3 Å². The van der Waals surface area contributed by atoms with Crippen LogP contribution in [-0.2, 0) is 21.4 Å². The molecular formula is C25H28FN5O4S. The normalized spacial score (nSPS) is 18.4. The molecule has 5 rings (SSSR count). The van der Waals surface area contributed by atoms with Crippen LogP contribution in [0.5, 0.6) is 0 Å². The van der Waals surface area contributed by atoms with Crippen molar-refractivity contribution in [1.82, 2.24) is 24.2 Å². The third-order valence-corrected chi connectivity index (χ3v) is 8.71. The van der Waals surface area contributed by atoms with Crippen LogP contribution in [-0.4, -0.2) is 77.8 Å². The van der Waals surface area contributed by atoms with Gasteiger partial charge in [0, 0.05) is 37.7 Å². The number of benzene rings is 2. The van der Waals surface area contributed by atoms with E-state index in [2.05, 4.69) is 15.0 Å². The fourth-order valence-corrected chi connectivity index (χ4v) is 6.16. The number of likely N-dealkylation sites (tertiary alicyclic amines) is 1. The molecule has 2 saturated heterocycles. The molecule has 2 aromatic carbocycles. The van der Waals surface area contributed by atoms with Crippen molar-refractivity contribution < 1.29 is 22.1 Å². The molecule has 9 nitrogen and oxygen atoms in total. The number of carbonyl (C=O) groups excluding carboxylic acids is 1. The van der Waals surface area contributed by atoms with Crippen molar-refractivity contribution in [2.45, 2.75) is 24.3 Å². The van der Waals surface area contributed by atoms with Gasteiger partial charge in [-0.3, -0.25) is 9.69 Å². The largest absolute Gasteiger partial charge is 0.340 e. The van der Waals surface area contributed by atoms with Gasteiger partial charge in [0.05, 0.1) is 11.4 Å². The zero-order valence-corrected chi connectivity index (χ0v) is 20.6. The van der Waals surface area contributed by atoms with Gasteiger partial charge < -0.3 is 9.42 Å². The molecule has 0 atom stereocenters. The first-order valence-electron chi connectivity index (χ1n) is 12.0. The Kier molecular flexibility index (Phi) is 7.13. The number of rotatable bonds is 6. The summed E-state index contributed by atoms with van der Waals surface area (Å²) in [7, 11) is -3.54. The van der Waals surface area contributed by atoms with E-state index in [1.807, 2.05) is 0 Å². The van der Waals surface area contributed by atoms with Crippen LogP contribution in [0, 0.1) is 11.7 Å². The van der Waals surface area contributed by atoms with Crippen molar-refractivity contribution in [3.05, 3.63) is 66.3 Å². The van der Waals surface area contributed by atoms with E-state index in [0.29, 0.717) is 50.0 Å². The summed E-state index contributed by atoms with van der Waals surface area (Å²) in [5.41, 5.74) is 0.687. The topological polar surface area (TPSA) is 99.8 Å². The van der Waals surface area contributed by atoms with Gasteiger partial charge in [-0.2, -0.15) is 9.29 Å². The molecule has 0 N–H and O–H groups in total. The summed E-state index contributed by atoms with van der Waals surface area (Å²) in [6.07, 6.45) is 1.45. The highest BCUT2D eigenvalue weighted by Crippen LogP contribution is 2.24. The Morgan fingerprint density at radius 3 is 2.28 bits per heavy atom. The van der Waals surface area contributed by atoms with E-state index in [9.17, 15) is 17.6 Å². The second-order valence-electron chi connectivity index (χ2n) is 9.11. The van der Waals surface area contributed by atoms with Crippen molar-refractivity contribution in [2.24, 2.45) is 5.92 Å². The lowest BCUT2D eigenvalue weighted by Crippen LogP contribution is -2.52. The number of nitrogens with zero attached hydrogens (tertiary/aromatic N) is 5. The lowest BCUT2D eigenvalue weighted by Gasteiger charge is -2.38. The number of carbonyl (C=O) groups is 1. The van der Waals surface area contributed by atoms with Crippen LogP contribution in [0.2, 0.25) is 0 Å². The molecule has 190 valence electrons. The average molecular weight is 514 g/mol. The third-order valence-electron chi connectivity index (χ3n) is 6.80. The Morgan fingerprint density at radius 1 is 0.944 bits per heavy atom. The van der Waals surface area contributed by atoms with Gasteiger partial charge in [0.2, 0.25) is 27.6 Å². The van der Waals surface area contributed by atoms with Gasteiger partial charge in [0.25, 0.3) is 0 Å². The van der Waals surface area contributed by atoms with Crippen molar-refractivity contribution in [3.63, 3.8) is 0 Å². The highest BCUT2D eigenvalue weighted by atomic mass is 32.2. The van der Waals surface area contributed by atoms with E-state index < -0.39 is 10.0 Å². The minimum absolute atomic E-state index is 0.0732. The fourth-order valence-electron chi connectivity index (χ4n) is 4.71. The van der Waals surface area contributed by atoms with Gasteiger partial charge in [-0.1, -0.05) is 23.4 Å². The molecule has 2 aliphatic heterocycles. The molecule has 0 bridgehead atoms. The molecule has 0 aliphatic carbocycles. The van der Waals surface area contributed by atoms with E-state index in [1.165, 1.54) is 16.4 Å². The molecular weight excluding hydrogens is 485 g/mol. The molecule has 0 saturated carbocycles. The number of amides is 1. The van der Waals surface area contributed by atoms with Crippen LogP contribution in [0.25, 0.3) is 11.4 Å². The summed E-state index contributed by atoms with van der Waals surface area (Å²) < 4.78 is 45.6. The van der Waals surface area contributed by atoms with Crippen LogP contribution in [0.15, 0.2) is 64.0 Å². The maximum atomic E-state index is 13.1. The Morgan fingerprint density at radius 2 is 1.61 bits per heavy atom. The summed E-state index contributed by atoms with van der Waals surface area (Å²) in [6.45, 7) is 3.36. The van der Waals surface area contributed by atoms with Gasteiger partial charge in [0.15, 0.2) is 0 Å². The van der Waals surface area contributed by atoms with Gasteiger partial charge in [-0.15, -0.1) is 0 Å². The second kappa shape index (κ2) is 10.5. The second-order valence-corrected chi connectivity index (χ2v) is 11.0. The lowest BCUT2D eigenvalue weighted by molar-refractivity contribution is -0.138. The molecule has 36 heavy (non-hydrogen) atoms. The minimum atomic E-state index is -3.54. The molecule has 11 heteroatoms. The number of hydrogen-bond donors (Lipinski definition) is 0. The Bertz CT molecular complexity index is 1280. The third kappa shape index (κ3) is 5.32. The zero-order chi connectivity index (χ0) is 25.1. The molecule has 3 heterocycles. The molecule has 0 spiro atoms. The monoisotopic (exact) mass is 513 g/mol. The van der Waals surface area contributed by atoms with Gasteiger partial charge in [0.1, 0.15) is 5.82 Å². The first-order chi connectivity index (χ1) is 17.4. The number of halogens is 1. The Hall–Kier alpha value is -3.15. The van der Waals surface area contributed by atoms with Gasteiger partial charge in [-0.05, 0) is 62.3 Å². The van der Waals surface area contributed by atoms with Crippen LogP contribution in [0.3, 0.4) is 0 Å². The van der Waals surface area contributed by atoms with E-state index in [-0.39, 0.29) is 22.5 Å². The first-order valence-corrected chi connectivity index (χ1v) is 13.5. The zero-order valence-electron chi connectivity index (χ0n) is 19.8. The van der Waals surface area contributed by atoms with Crippen LogP contribution < -0.4 is 0 Å². The van der Waals surface area contributed by atoms with Crippen molar-refractivity contribution in [1.29, 1.82) is 0 Å². The average Bonchev–Trinajstić information content (AvgIpc) is 3.38. The molecule has 1 aromatic heterocycles. The fraction of sp³-hybridized carbons (Fsp3) is 0.400. The predicted octanol–water partition coefficient (Wildman–Crippen LogP) is 2.62. The van der Waals surface area contributed by atoms with Gasteiger partial charge in [-0.25, -0.2) is 12.8 Å². The summed E-state index contributed by atoms with van der Waals surface area (Å²) in [5.74, 6) is 0.608. The minimum Gasteiger partial charge on any atom is -0.340 e. The van der Waals surface area contributed by atoms with Crippen molar-refractivity contribution >= 4 is 15.9 Å². The molecule has 2 fully saturated rings. The molecule has 2 aliphatic rings. The van der Waals surface area contributed by atoms with Crippen LogP contribution in [0.4, 0.5) is 4.39 Å². The summed E-state index contributed by atoms with van der Waals surface area (Å²) >= 11 is 0. The molecule has 0 radical (unpaired) electrons. The standard InChI is InChI=1S/C25H28FN5O4S/c26-21-8-6-19(7-9-21)24-27-23(35-28-24)18-29-12-10-20(11-13-29)25(32)30-14-16-31(17-15-30)36(33,34)22-4-2-1-3-5-22/h1-9,20H,10-18H2. The van der Waals surface area contributed by atoms with Gasteiger partial charge >= 0.3 is 0 Å². The molecule has 3 aromatic rings. The van der Waals surface area contributed by atoms with E-state index >= 15 is 0 Å². The van der Waals surface area contributed by atoms with Crippen LogP contribution >= 0.6 is 0 Å². The lowest BCUT2D eigenvalue weighted by atomic mass is 9.95. The summed E-state index contributed by atoms with van der Waals surface area (Å²) in [6, 6.07) is 14.3. The number of aromatic nitrogens is 2. The number of piperazine rings is 1. The Labute approximate surface area is 209 Å². The van der Waals surface area contributed by atoms with E-state index in [0.717, 1.165) is 25.9 Å². The van der Waals surface area contributed by atoms with E-state index in [4.69, 9.17) is 4.52 Å². The quantitative estimate of drug-likeness (QED) is 0.500. The highest BCUT2D eigenvalue weighted by molar-refractivity contribution is 7.89. The Balaban J connectivity index is 1.10. The summed E-state index contributed by atoms with van der Waals surface area (Å²) in [5, 5.41) is 3.99. The summed E-state index contributed by atoms with van der Waals surface area (Å²) in [4.78, 5) is 21.8.